The normalized spacial score (nSPS) is 11.0. The van der Waals surface area contributed by atoms with E-state index < -0.39 is 0 Å². The quantitative estimate of drug-likeness (QED) is 0.437. The van der Waals surface area contributed by atoms with Gasteiger partial charge in [-0.1, -0.05) is 30.4 Å². The Labute approximate surface area is 175 Å². The number of benzene rings is 2. The number of methoxy groups -OCH3 is 1. The van der Waals surface area contributed by atoms with Crippen molar-refractivity contribution in [2.75, 3.05) is 12.4 Å². The van der Waals surface area contributed by atoms with Gasteiger partial charge in [-0.2, -0.15) is 5.26 Å². The molecule has 0 spiro atoms. The fraction of sp³-hybridized carbons (Fsp3) is 0.120. The number of ether oxygens (including phenoxy) is 1. The number of hydrogen-bond acceptors (Lipinski definition) is 4. The van der Waals surface area contributed by atoms with Crippen LogP contribution in [0.2, 0.25) is 0 Å². The first-order valence-corrected chi connectivity index (χ1v) is 9.67. The first-order chi connectivity index (χ1) is 14.6. The summed E-state index contributed by atoms with van der Waals surface area (Å²) in [4.78, 5) is 7.65. The van der Waals surface area contributed by atoms with Crippen molar-refractivity contribution in [3.8, 4) is 11.8 Å². The van der Waals surface area contributed by atoms with Crippen LogP contribution in [0.4, 0.5) is 11.4 Å². The molecule has 4 rings (SSSR count). The van der Waals surface area contributed by atoms with Crippen LogP contribution in [-0.2, 0) is 0 Å². The van der Waals surface area contributed by atoms with Crippen molar-refractivity contribution in [2.24, 2.45) is 0 Å². The molecule has 2 aromatic carbocycles. The monoisotopic (exact) mass is 394 g/mol. The van der Waals surface area contributed by atoms with Crippen molar-refractivity contribution in [3.05, 3.63) is 82.8 Å². The molecule has 0 amide bonds. The Hall–Kier alpha value is -4.04. The highest BCUT2D eigenvalue weighted by atomic mass is 16.5. The summed E-state index contributed by atoms with van der Waals surface area (Å²) >= 11 is 0. The number of fused-ring (bicyclic) bond motifs is 1. The second kappa shape index (κ2) is 8.14. The van der Waals surface area contributed by atoms with Crippen molar-refractivity contribution in [2.45, 2.75) is 13.8 Å². The fourth-order valence-electron chi connectivity index (χ4n) is 3.58. The fourth-order valence-corrected chi connectivity index (χ4v) is 3.58. The van der Waals surface area contributed by atoms with Gasteiger partial charge in [0, 0.05) is 45.8 Å². The average molecular weight is 394 g/mol. The van der Waals surface area contributed by atoms with Crippen molar-refractivity contribution in [1.82, 2.24) is 9.97 Å². The van der Waals surface area contributed by atoms with E-state index in [0.717, 1.165) is 50.4 Å². The highest BCUT2D eigenvalue weighted by molar-refractivity contribution is 5.91. The number of nitrogens with zero attached hydrogens (tertiary/aromatic N) is 2. The number of aromatic amines is 1. The summed E-state index contributed by atoms with van der Waals surface area (Å²) in [5.41, 5.74) is 7.06. The number of anilines is 2. The lowest BCUT2D eigenvalue weighted by atomic mass is 10.0. The Morgan fingerprint density at radius 3 is 2.73 bits per heavy atom. The number of H-pyrrole nitrogens is 1. The van der Waals surface area contributed by atoms with Gasteiger partial charge in [-0.05, 0) is 43.7 Å². The molecule has 30 heavy (non-hydrogen) atoms. The van der Waals surface area contributed by atoms with E-state index in [1.54, 1.807) is 13.3 Å². The summed E-state index contributed by atoms with van der Waals surface area (Å²) in [6.07, 6.45) is 7.51. The standard InChI is InChI=1S/C25H22N4O/c1-16-20-12-13-27-23(20)11-10-22(16)29-25-19(14-26)15-28-17(2)21(25)9-8-18-6-4-5-7-24(18)30-3/h4-13,15,27H,1-3H3,(H,28,29)/b9-8+. The largest absolute Gasteiger partial charge is 0.496 e. The van der Waals surface area contributed by atoms with Gasteiger partial charge in [0.15, 0.2) is 0 Å². The Balaban J connectivity index is 1.81. The Morgan fingerprint density at radius 1 is 1.10 bits per heavy atom. The predicted octanol–water partition coefficient (Wildman–Crippen LogP) is 5.97. The average Bonchev–Trinajstić information content (AvgIpc) is 3.25. The highest BCUT2D eigenvalue weighted by Gasteiger charge is 2.13. The van der Waals surface area contributed by atoms with Crippen molar-refractivity contribution in [1.29, 1.82) is 5.26 Å². The minimum Gasteiger partial charge on any atom is -0.496 e. The van der Waals surface area contributed by atoms with Gasteiger partial charge >= 0.3 is 0 Å². The lowest BCUT2D eigenvalue weighted by molar-refractivity contribution is 0.414. The molecule has 2 N–H and O–H groups in total. The SMILES string of the molecule is COc1ccccc1/C=C/c1c(C)ncc(C#N)c1Nc1ccc2[nH]ccc2c1C. The van der Waals surface area contributed by atoms with Gasteiger partial charge < -0.3 is 15.0 Å². The molecule has 4 aromatic rings. The van der Waals surface area contributed by atoms with E-state index in [1.807, 2.05) is 61.7 Å². The number of aromatic nitrogens is 2. The van der Waals surface area contributed by atoms with Crippen LogP contribution in [-0.4, -0.2) is 17.1 Å². The topological polar surface area (TPSA) is 73.7 Å². The van der Waals surface area contributed by atoms with Gasteiger partial charge in [0.1, 0.15) is 11.8 Å². The van der Waals surface area contributed by atoms with E-state index in [0.29, 0.717) is 5.56 Å². The van der Waals surface area contributed by atoms with Crippen LogP contribution < -0.4 is 10.1 Å². The van der Waals surface area contributed by atoms with E-state index in [1.165, 1.54) is 0 Å². The van der Waals surface area contributed by atoms with Gasteiger partial charge in [0.25, 0.3) is 0 Å². The third kappa shape index (κ3) is 3.51. The molecule has 0 aliphatic rings. The lowest BCUT2D eigenvalue weighted by Crippen LogP contribution is -2.02. The zero-order chi connectivity index (χ0) is 21.1. The van der Waals surface area contributed by atoms with Crippen LogP contribution in [0.3, 0.4) is 0 Å². The third-order valence-corrected chi connectivity index (χ3v) is 5.27. The summed E-state index contributed by atoms with van der Waals surface area (Å²) in [6.45, 7) is 4.01. The Bertz CT molecular complexity index is 1290. The summed E-state index contributed by atoms with van der Waals surface area (Å²) in [5.74, 6) is 0.791. The smallest absolute Gasteiger partial charge is 0.126 e. The van der Waals surface area contributed by atoms with Crippen molar-refractivity contribution < 1.29 is 4.74 Å². The predicted molar refractivity (Wildman–Crippen MR) is 122 cm³/mol. The molecule has 2 aromatic heterocycles. The first kappa shape index (κ1) is 19.3. The number of aryl methyl sites for hydroxylation is 2. The molecule has 0 fully saturated rings. The van der Waals surface area contributed by atoms with E-state index in [2.05, 4.69) is 34.3 Å². The number of nitrogens with one attached hydrogen (secondary N) is 2. The van der Waals surface area contributed by atoms with Crippen molar-refractivity contribution in [3.63, 3.8) is 0 Å². The number of pyridine rings is 1. The zero-order valence-electron chi connectivity index (χ0n) is 17.2. The molecule has 0 aliphatic carbocycles. The second-order valence-electron chi connectivity index (χ2n) is 7.04. The maximum absolute atomic E-state index is 9.71. The first-order valence-electron chi connectivity index (χ1n) is 9.67. The molecular weight excluding hydrogens is 372 g/mol. The van der Waals surface area contributed by atoms with Crippen LogP contribution in [0.25, 0.3) is 23.1 Å². The molecule has 0 unspecified atom stereocenters. The van der Waals surface area contributed by atoms with Gasteiger partial charge in [-0.3, -0.25) is 4.98 Å². The molecule has 2 heterocycles. The summed E-state index contributed by atoms with van der Waals surface area (Å²) in [7, 11) is 1.66. The molecule has 0 radical (unpaired) electrons. The van der Waals surface area contributed by atoms with Crippen LogP contribution in [0.15, 0.2) is 54.9 Å². The summed E-state index contributed by atoms with van der Waals surface area (Å²) in [5, 5.41) is 14.3. The lowest BCUT2D eigenvalue weighted by Gasteiger charge is -2.16. The second-order valence-corrected chi connectivity index (χ2v) is 7.04. The minimum absolute atomic E-state index is 0.494. The molecule has 0 bridgehead atoms. The Kier molecular flexibility index (Phi) is 5.23. The van der Waals surface area contributed by atoms with Gasteiger partial charge in [-0.25, -0.2) is 0 Å². The van der Waals surface area contributed by atoms with E-state index >= 15 is 0 Å². The number of hydrogen-bond donors (Lipinski definition) is 2. The molecule has 0 aliphatic heterocycles. The molecule has 0 saturated carbocycles. The number of rotatable bonds is 5. The molecule has 5 heteroatoms. The minimum atomic E-state index is 0.494. The number of nitriles is 1. The molecule has 0 atom stereocenters. The molecule has 5 nitrogen and oxygen atoms in total. The Morgan fingerprint density at radius 2 is 1.93 bits per heavy atom. The molecule has 148 valence electrons. The zero-order valence-corrected chi connectivity index (χ0v) is 17.2. The number of para-hydroxylation sites is 1. The van der Waals surface area contributed by atoms with E-state index in [9.17, 15) is 5.26 Å². The van der Waals surface area contributed by atoms with Gasteiger partial charge in [-0.15, -0.1) is 0 Å². The van der Waals surface area contributed by atoms with Crippen molar-refractivity contribution >= 4 is 34.4 Å². The highest BCUT2D eigenvalue weighted by Crippen LogP contribution is 2.32. The summed E-state index contributed by atoms with van der Waals surface area (Å²) < 4.78 is 5.45. The van der Waals surface area contributed by atoms with Gasteiger partial charge in [0.05, 0.1) is 18.4 Å². The molecular formula is C25H22N4O. The van der Waals surface area contributed by atoms with Gasteiger partial charge in [0.2, 0.25) is 0 Å². The maximum atomic E-state index is 9.71. The van der Waals surface area contributed by atoms with E-state index in [-0.39, 0.29) is 0 Å². The van der Waals surface area contributed by atoms with Crippen LogP contribution >= 0.6 is 0 Å². The van der Waals surface area contributed by atoms with Crippen LogP contribution in [0.1, 0.15) is 27.9 Å². The molecule has 0 saturated heterocycles. The summed E-state index contributed by atoms with van der Waals surface area (Å²) in [6, 6.07) is 16.2. The maximum Gasteiger partial charge on any atom is 0.126 e. The van der Waals surface area contributed by atoms with E-state index in [4.69, 9.17) is 4.74 Å². The third-order valence-electron chi connectivity index (χ3n) is 5.27. The van der Waals surface area contributed by atoms with Crippen LogP contribution in [0.5, 0.6) is 5.75 Å². The van der Waals surface area contributed by atoms with Crippen LogP contribution in [0, 0.1) is 25.2 Å².